The Labute approximate surface area is 236 Å². The predicted molar refractivity (Wildman–Crippen MR) is 156 cm³/mol. The van der Waals surface area contributed by atoms with E-state index in [4.69, 9.17) is 4.98 Å². The molecule has 2 aromatic heterocycles. The molecule has 1 fully saturated rings. The number of benzene rings is 1. The molecule has 3 aromatic rings. The molecule has 12 heteroatoms. The summed E-state index contributed by atoms with van der Waals surface area (Å²) in [7, 11) is 5.66. The molecule has 5 rings (SSSR count). The zero-order chi connectivity index (χ0) is 24.0. The summed E-state index contributed by atoms with van der Waals surface area (Å²) >= 11 is 0. The van der Waals surface area contributed by atoms with Gasteiger partial charge in [-0.25, -0.2) is 9.97 Å². The number of amides is 1. The van der Waals surface area contributed by atoms with Gasteiger partial charge in [-0.3, -0.25) is 9.48 Å². The van der Waals surface area contributed by atoms with Crippen molar-refractivity contribution in [1.82, 2.24) is 30.0 Å². The van der Waals surface area contributed by atoms with E-state index >= 15 is 0 Å². The molecule has 1 aliphatic heterocycles. The van der Waals surface area contributed by atoms with Gasteiger partial charge >= 0.3 is 0 Å². The van der Waals surface area contributed by atoms with E-state index in [-0.39, 0.29) is 48.5 Å². The van der Waals surface area contributed by atoms with Crippen LogP contribution in [0.15, 0.2) is 30.5 Å². The van der Waals surface area contributed by atoms with Crippen LogP contribution in [-0.2, 0) is 18.9 Å². The summed E-state index contributed by atoms with van der Waals surface area (Å²) in [5, 5.41) is 10.6. The van der Waals surface area contributed by atoms with Gasteiger partial charge < -0.3 is 20.4 Å². The Hall–Kier alpha value is -2.59. The number of likely N-dealkylation sites (N-methyl/N-ethyl adjacent to an activating group) is 1. The second-order valence-electron chi connectivity index (χ2n) is 9.87. The van der Waals surface area contributed by atoms with Crippen LogP contribution in [0.4, 0.5) is 17.3 Å². The lowest BCUT2D eigenvalue weighted by Gasteiger charge is -2.34. The minimum atomic E-state index is -0.254. The number of carbonyl (C=O) groups is 1. The molecular weight excluding hydrogens is 535 g/mol. The maximum atomic E-state index is 12.5. The molecule has 1 aromatic carbocycles. The highest BCUT2D eigenvalue weighted by Crippen LogP contribution is 2.43. The normalized spacial score (nSPS) is 15.8. The van der Waals surface area contributed by atoms with E-state index in [0.717, 1.165) is 60.8 Å². The molecule has 1 saturated heterocycles. The average molecular weight is 570 g/mol. The summed E-state index contributed by atoms with van der Waals surface area (Å²) in [6, 6.07) is 8.42. The summed E-state index contributed by atoms with van der Waals surface area (Å²) < 4.78 is 1.77. The SMILES string of the molecule is CNC(=O)c1nn(C)c2c1C(C)(C)Cc1cnc(Nc3ccc(N4CCN(C)CC4)cc3)nc1-2.Cl.Cl.Cl. The number of halogens is 3. The summed E-state index contributed by atoms with van der Waals surface area (Å²) in [6.45, 7) is 8.51. The van der Waals surface area contributed by atoms with Crippen molar-refractivity contribution in [3.63, 3.8) is 0 Å². The van der Waals surface area contributed by atoms with Crippen LogP contribution in [0.1, 0.15) is 35.5 Å². The van der Waals surface area contributed by atoms with Crippen molar-refractivity contribution >= 4 is 60.5 Å². The number of hydrogen-bond acceptors (Lipinski definition) is 7. The number of carbonyl (C=O) groups excluding carboxylic acids is 1. The molecule has 202 valence electrons. The van der Waals surface area contributed by atoms with Gasteiger partial charge in [-0.05, 0) is 48.7 Å². The van der Waals surface area contributed by atoms with Crippen molar-refractivity contribution < 1.29 is 4.79 Å². The van der Waals surface area contributed by atoms with Crippen LogP contribution in [0.5, 0.6) is 0 Å². The number of piperazine rings is 1. The topological polar surface area (TPSA) is 91.2 Å². The van der Waals surface area contributed by atoms with Gasteiger partial charge in [-0.15, -0.1) is 37.2 Å². The second-order valence-corrected chi connectivity index (χ2v) is 9.87. The number of nitrogens with one attached hydrogen (secondary N) is 2. The first-order chi connectivity index (χ1) is 16.3. The van der Waals surface area contributed by atoms with E-state index in [9.17, 15) is 4.79 Å². The van der Waals surface area contributed by atoms with Crippen LogP contribution < -0.4 is 15.5 Å². The van der Waals surface area contributed by atoms with Crippen LogP contribution in [0, 0.1) is 0 Å². The number of anilines is 3. The van der Waals surface area contributed by atoms with Gasteiger partial charge in [-0.1, -0.05) is 13.8 Å². The molecule has 0 atom stereocenters. The van der Waals surface area contributed by atoms with Crippen LogP contribution in [0.25, 0.3) is 11.4 Å². The lowest BCUT2D eigenvalue weighted by atomic mass is 9.73. The molecule has 3 heterocycles. The van der Waals surface area contributed by atoms with E-state index in [1.54, 1.807) is 11.7 Å². The van der Waals surface area contributed by atoms with Crippen LogP contribution in [0.2, 0.25) is 0 Å². The smallest absolute Gasteiger partial charge is 0.271 e. The Morgan fingerprint density at radius 2 is 1.65 bits per heavy atom. The van der Waals surface area contributed by atoms with Gasteiger partial charge in [0.05, 0.1) is 11.4 Å². The number of fused-ring (bicyclic) bond motifs is 3. The first-order valence-electron chi connectivity index (χ1n) is 11.7. The molecule has 0 bridgehead atoms. The predicted octanol–water partition coefficient (Wildman–Crippen LogP) is 3.83. The van der Waals surface area contributed by atoms with Crippen molar-refractivity contribution in [3.05, 3.63) is 47.3 Å². The minimum Gasteiger partial charge on any atom is -0.369 e. The molecule has 0 radical (unpaired) electrons. The number of aromatic nitrogens is 4. The third-order valence-electron chi connectivity index (χ3n) is 6.88. The first-order valence-corrected chi connectivity index (χ1v) is 11.7. The number of rotatable bonds is 4. The Kier molecular flexibility index (Phi) is 9.81. The summed E-state index contributed by atoms with van der Waals surface area (Å²) in [5.41, 5.74) is 6.06. The molecular formula is C25H35Cl3N8O. The maximum absolute atomic E-state index is 12.5. The van der Waals surface area contributed by atoms with E-state index in [1.807, 2.05) is 13.2 Å². The monoisotopic (exact) mass is 568 g/mol. The van der Waals surface area contributed by atoms with Crippen molar-refractivity contribution in [3.8, 4) is 11.4 Å². The Morgan fingerprint density at radius 1 is 1.00 bits per heavy atom. The van der Waals surface area contributed by atoms with Crippen molar-refractivity contribution in [2.45, 2.75) is 25.7 Å². The van der Waals surface area contributed by atoms with E-state index in [2.05, 4.69) is 75.7 Å². The van der Waals surface area contributed by atoms with Gasteiger partial charge in [0.1, 0.15) is 0 Å². The second kappa shape index (κ2) is 11.9. The maximum Gasteiger partial charge on any atom is 0.271 e. The summed E-state index contributed by atoms with van der Waals surface area (Å²) in [5.74, 6) is 0.348. The minimum absolute atomic E-state index is 0. The quantitative estimate of drug-likeness (QED) is 0.493. The van der Waals surface area contributed by atoms with Gasteiger partial charge in [-0.2, -0.15) is 5.10 Å². The third kappa shape index (κ3) is 5.80. The fourth-order valence-electron chi connectivity index (χ4n) is 5.03. The molecule has 2 N–H and O–H groups in total. The fourth-order valence-corrected chi connectivity index (χ4v) is 5.03. The van der Waals surface area contributed by atoms with Crippen LogP contribution in [-0.4, -0.2) is 70.8 Å². The molecule has 0 saturated carbocycles. The van der Waals surface area contributed by atoms with Gasteiger partial charge in [0.15, 0.2) is 5.69 Å². The zero-order valence-corrected chi connectivity index (χ0v) is 24.2. The zero-order valence-electron chi connectivity index (χ0n) is 21.7. The molecule has 0 spiro atoms. The molecule has 1 aliphatic carbocycles. The Balaban J connectivity index is 0.00000160. The molecule has 9 nitrogen and oxygen atoms in total. The fraction of sp³-hybridized carbons (Fsp3) is 0.440. The number of aryl methyl sites for hydroxylation is 1. The van der Waals surface area contributed by atoms with E-state index in [0.29, 0.717) is 11.6 Å². The highest BCUT2D eigenvalue weighted by molar-refractivity contribution is 5.96. The molecule has 1 amide bonds. The van der Waals surface area contributed by atoms with Gasteiger partial charge in [0.25, 0.3) is 5.91 Å². The molecule has 37 heavy (non-hydrogen) atoms. The van der Waals surface area contributed by atoms with Crippen molar-refractivity contribution in [1.29, 1.82) is 0 Å². The van der Waals surface area contributed by atoms with Crippen LogP contribution in [0.3, 0.4) is 0 Å². The van der Waals surface area contributed by atoms with Crippen molar-refractivity contribution in [2.75, 3.05) is 50.5 Å². The molecule has 0 unspecified atom stereocenters. The summed E-state index contributed by atoms with van der Waals surface area (Å²) in [6.07, 6.45) is 2.63. The standard InChI is InChI=1S/C25H32N8O.3ClH/c1-25(2)14-16-15-27-24(29-20(16)22-19(25)21(23(34)26-3)30-32(22)5)28-17-6-8-18(9-7-17)33-12-10-31(4)11-13-33;;;/h6-9,15H,10-14H2,1-5H3,(H,26,34)(H,27,28,29);3*1H. The van der Waals surface area contributed by atoms with E-state index < -0.39 is 0 Å². The third-order valence-corrected chi connectivity index (χ3v) is 6.88. The highest BCUT2D eigenvalue weighted by atomic mass is 35.5. The Bertz CT molecular complexity index is 1240. The largest absolute Gasteiger partial charge is 0.369 e. The lowest BCUT2D eigenvalue weighted by molar-refractivity contribution is 0.0955. The van der Waals surface area contributed by atoms with E-state index in [1.165, 1.54) is 5.69 Å². The average Bonchev–Trinajstić information content (AvgIpc) is 3.18. The highest BCUT2D eigenvalue weighted by Gasteiger charge is 2.39. The number of hydrogen-bond donors (Lipinski definition) is 2. The Morgan fingerprint density at radius 3 is 2.27 bits per heavy atom. The molecule has 2 aliphatic rings. The van der Waals surface area contributed by atoms with Gasteiger partial charge in [0, 0.05) is 63.4 Å². The first kappa shape index (κ1) is 30.6. The summed E-state index contributed by atoms with van der Waals surface area (Å²) in [4.78, 5) is 26.7. The van der Waals surface area contributed by atoms with Crippen molar-refractivity contribution in [2.24, 2.45) is 7.05 Å². The number of nitrogens with zero attached hydrogens (tertiary/aromatic N) is 6. The lowest BCUT2D eigenvalue weighted by Crippen LogP contribution is -2.44. The van der Waals surface area contributed by atoms with Crippen LogP contribution >= 0.6 is 37.2 Å². The van der Waals surface area contributed by atoms with Gasteiger partial charge in [0.2, 0.25) is 5.95 Å².